The van der Waals surface area contributed by atoms with E-state index in [0.717, 1.165) is 22.4 Å². The number of thioether (sulfide) groups is 1. The summed E-state index contributed by atoms with van der Waals surface area (Å²) in [6, 6.07) is 16.5. The molecule has 0 aliphatic carbocycles. The van der Waals surface area contributed by atoms with E-state index in [-0.39, 0.29) is 5.92 Å². The molecule has 0 radical (unpaired) electrons. The highest BCUT2D eigenvalue weighted by Crippen LogP contribution is 2.33. The van der Waals surface area contributed by atoms with Crippen molar-refractivity contribution >= 4 is 34.2 Å². The third-order valence-corrected chi connectivity index (χ3v) is 4.33. The summed E-state index contributed by atoms with van der Waals surface area (Å²) in [5.74, 6) is 0.264. The molecule has 0 saturated heterocycles. The maximum absolute atomic E-state index is 5.99. The molecule has 20 heavy (non-hydrogen) atoms. The Morgan fingerprint density at radius 3 is 2.65 bits per heavy atom. The number of aliphatic imine (C=N–C) groups is 1. The van der Waals surface area contributed by atoms with E-state index in [1.54, 1.807) is 11.8 Å². The van der Waals surface area contributed by atoms with Gasteiger partial charge in [-0.15, -0.1) is 0 Å². The number of anilines is 1. The van der Waals surface area contributed by atoms with Crippen molar-refractivity contribution in [3.8, 4) is 0 Å². The summed E-state index contributed by atoms with van der Waals surface area (Å²) in [6.45, 7) is 0.752. The van der Waals surface area contributed by atoms with Gasteiger partial charge in [-0.25, -0.2) is 0 Å². The minimum atomic E-state index is 0.264. The van der Waals surface area contributed by atoms with Crippen LogP contribution in [0.4, 0.5) is 5.69 Å². The average Bonchev–Trinajstić information content (AvgIpc) is 2.67. The monoisotopic (exact) mass is 302 g/mol. The Morgan fingerprint density at radius 2 is 1.90 bits per heavy atom. The molecule has 1 unspecified atom stereocenters. The first-order valence-corrected chi connectivity index (χ1v) is 8.08. The largest absolute Gasteiger partial charge is 0.335 e. The first-order chi connectivity index (χ1) is 9.78. The number of para-hydroxylation sites is 1. The normalized spacial score (nSPS) is 17.7. The fourth-order valence-electron chi connectivity index (χ4n) is 2.44. The summed E-state index contributed by atoms with van der Waals surface area (Å²) < 4.78 is 0. The van der Waals surface area contributed by atoms with Gasteiger partial charge in [0.1, 0.15) is 0 Å². The number of fused-ring (bicyclic) bond motifs is 1. The molecule has 0 spiro atoms. The van der Waals surface area contributed by atoms with Gasteiger partial charge >= 0.3 is 0 Å². The Labute approximate surface area is 128 Å². The van der Waals surface area contributed by atoms with Crippen LogP contribution in [0.25, 0.3) is 0 Å². The molecule has 0 saturated carbocycles. The van der Waals surface area contributed by atoms with Gasteiger partial charge in [-0.05, 0) is 35.6 Å². The van der Waals surface area contributed by atoms with Crippen LogP contribution in [0, 0.1) is 0 Å². The Morgan fingerprint density at radius 1 is 1.15 bits per heavy atom. The molecule has 1 atom stereocenters. The maximum atomic E-state index is 5.99. The van der Waals surface area contributed by atoms with Crippen LogP contribution in [-0.4, -0.2) is 18.0 Å². The van der Waals surface area contributed by atoms with E-state index in [1.165, 1.54) is 11.1 Å². The molecule has 0 bridgehead atoms. The summed E-state index contributed by atoms with van der Waals surface area (Å²) in [4.78, 5) is 4.67. The van der Waals surface area contributed by atoms with Crippen LogP contribution in [0.15, 0.2) is 53.5 Å². The van der Waals surface area contributed by atoms with Gasteiger partial charge in [-0.2, -0.15) is 0 Å². The zero-order valence-electron chi connectivity index (χ0n) is 11.1. The fourth-order valence-corrected chi connectivity index (χ4v) is 2.98. The fraction of sp³-hybridized carbons (Fsp3) is 0.188. The predicted molar refractivity (Wildman–Crippen MR) is 89.2 cm³/mol. The molecule has 4 heteroatoms. The van der Waals surface area contributed by atoms with E-state index in [2.05, 4.69) is 40.6 Å². The summed E-state index contributed by atoms with van der Waals surface area (Å²) in [5, 5.41) is 5.14. The van der Waals surface area contributed by atoms with Gasteiger partial charge in [-0.1, -0.05) is 53.7 Å². The van der Waals surface area contributed by atoms with Crippen molar-refractivity contribution in [3.05, 3.63) is 64.7 Å². The molecule has 3 rings (SSSR count). The van der Waals surface area contributed by atoms with Crippen molar-refractivity contribution < 1.29 is 0 Å². The lowest BCUT2D eigenvalue weighted by atomic mass is 9.90. The van der Waals surface area contributed by atoms with E-state index in [0.29, 0.717) is 0 Å². The van der Waals surface area contributed by atoms with Crippen LogP contribution in [0.2, 0.25) is 5.02 Å². The number of hydrogen-bond donors (Lipinski definition) is 1. The van der Waals surface area contributed by atoms with Crippen LogP contribution >= 0.6 is 23.4 Å². The number of benzene rings is 2. The van der Waals surface area contributed by atoms with Gasteiger partial charge < -0.3 is 5.32 Å². The number of nitrogens with one attached hydrogen (secondary N) is 1. The highest BCUT2D eigenvalue weighted by Gasteiger charge is 2.20. The number of nitrogens with zero attached hydrogens (tertiary/aromatic N) is 1. The minimum absolute atomic E-state index is 0.264. The van der Waals surface area contributed by atoms with Gasteiger partial charge in [0.2, 0.25) is 0 Å². The second-order valence-corrected chi connectivity index (χ2v) is 5.90. The first kappa shape index (κ1) is 13.5. The lowest BCUT2D eigenvalue weighted by Gasteiger charge is -2.17. The van der Waals surface area contributed by atoms with Crippen LogP contribution in [0.1, 0.15) is 17.0 Å². The van der Waals surface area contributed by atoms with Gasteiger partial charge in [0.15, 0.2) is 5.17 Å². The average molecular weight is 303 g/mol. The molecular formula is C16H15ClN2S. The minimum Gasteiger partial charge on any atom is -0.335 e. The lowest BCUT2D eigenvalue weighted by Crippen LogP contribution is -2.06. The van der Waals surface area contributed by atoms with E-state index in [1.807, 2.05) is 24.5 Å². The third kappa shape index (κ3) is 2.69. The Kier molecular flexibility index (Phi) is 3.99. The van der Waals surface area contributed by atoms with Gasteiger partial charge in [0, 0.05) is 16.6 Å². The maximum Gasteiger partial charge on any atom is 0.160 e. The molecule has 2 aromatic rings. The molecule has 0 amide bonds. The third-order valence-electron chi connectivity index (χ3n) is 3.46. The highest BCUT2D eigenvalue weighted by molar-refractivity contribution is 8.13. The Hall–Kier alpha value is -1.45. The molecule has 1 aliphatic heterocycles. The molecule has 2 nitrogen and oxygen atoms in total. The zero-order chi connectivity index (χ0) is 13.9. The Bertz CT molecular complexity index is 637. The highest BCUT2D eigenvalue weighted by atomic mass is 35.5. The lowest BCUT2D eigenvalue weighted by molar-refractivity contribution is 0.830. The van der Waals surface area contributed by atoms with Crippen LogP contribution in [-0.2, 0) is 0 Å². The molecule has 2 aromatic carbocycles. The van der Waals surface area contributed by atoms with Crippen molar-refractivity contribution in [2.24, 2.45) is 4.99 Å². The molecule has 0 fully saturated rings. The summed E-state index contributed by atoms with van der Waals surface area (Å²) >= 11 is 7.63. The van der Waals surface area contributed by atoms with Crippen molar-refractivity contribution in [2.45, 2.75) is 5.92 Å². The molecule has 1 heterocycles. The molecular weight excluding hydrogens is 288 g/mol. The molecule has 0 aromatic heterocycles. The molecule has 1 aliphatic rings. The van der Waals surface area contributed by atoms with E-state index in [9.17, 15) is 0 Å². The predicted octanol–water partition coefficient (Wildman–Crippen LogP) is 4.62. The summed E-state index contributed by atoms with van der Waals surface area (Å²) in [5.41, 5.74) is 3.66. The second kappa shape index (κ2) is 5.90. The van der Waals surface area contributed by atoms with Crippen molar-refractivity contribution in [1.82, 2.24) is 0 Å². The number of rotatable bonds is 1. The van der Waals surface area contributed by atoms with Crippen molar-refractivity contribution in [3.63, 3.8) is 0 Å². The standard InChI is InChI=1S/C16H15ClN2S/c1-20-16-18-10-14(11-6-8-12(17)9-7-11)13-4-2-3-5-15(13)19-16/h2-9,14H,10H2,1H3,(H,18,19). The smallest absolute Gasteiger partial charge is 0.160 e. The van der Waals surface area contributed by atoms with Gasteiger partial charge in [0.25, 0.3) is 0 Å². The first-order valence-electron chi connectivity index (χ1n) is 6.48. The summed E-state index contributed by atoms with van der Waals surface area (Å²) in [6.07, 6.45) is 2.04. The molecule has 1 N–H and O–H groups in total. The number of hydrogen-bond acceptors (Lipinski definition) is 3. The topological polar surface area (TPSA) is 24.4 Å². The van der Waals surface area contributed by atoms with Crippen LogP contribution < -0.4 is 5.32 Å². The van der Waals surface area contributed by atoms with Crippen LogP contribution in [0.3, 0.4) is 0 Å². The molecule has 102 valence electrons. The number of halogens is 1. The van der Waals surface area contributed by atoms with Gasteiger partial charge in [-0.3, -0.25) is 4.99 Å². The van der Waals surface area contributed by atoms with Crippen LogP contribution in [0.5, 0.6) is 0 Å². The summed E-state index contributed by atoms with van der Waals surface area (Å²) in [7, 11) is 0. The van der Waals surface area contributed by atoms with E-state index < -0.39 is 0 Å². The Balaban J connectivity index is 2.06. The van der Waals surface area contributed by atoms with Gasteiger partial charge in [0.05, 0.1) is 6.54 Å². The second-order valence-electron chi connectivity index (χ2n) is 4.67. The SMILES string of the molecule is CSC1=NCC(c2ccc(Cl)cc2)c2ccccc2N1. The van der Waals surface area contributed by atoms with Crippen molar-refractivity contribution in [2.75, 3.05) is 18.1 Å². The van der Waals surface area contributed by atoms with E-state index in [4.69, 9.17) is 11.6 Å². The quantitative estimate of drug-likeness (QED) is 0.831. The number of amidine groups is 1. The van der Waals surface area contributed by atoms with E-state index >= 15 is 0 Å². The zero-order valence-corrected chi connectivity index (χ0v) is 12.7. The van der Waals surface area contributed by atoms with Crippen molar-refractivity contribution in [1.29, 1.82) is 0 Å².